The van der Waals surface area contributed by atoms with Gasteiger partial charge in [0.1, 0.15) is 0 Å². The molecule has 0 radical (unpaired) electrons. The summed E-state index contributed by atoms with van der Waals surface area (Å²) in [4.78, 5) is 0. The SMILES string of the molecule is C\C=C/C=C\C=C\C(C)(C)c1ccccc1N. The quantitative estimate of drug-likeness (QED) is 0.604. The molecule has 1 aromatic rings. The highest BCUT2D eigenvalue weighted by atomic mass is 14.6. The Morgan fingerprint density at radius 1 is 1.00 bits per heavy atom. The number of para-hydroxylation sites is 1. The molecule has 90 valence electrons. The van der Waals surface area contributed by atoms with Crippen molar-refractivity contribution in [2.24, 2.45) is 0 Å². The normalized spacial score (nSPS) is 13.1. The smallest absolute Gasteiger partial charge is 0.0355 e. The molecule has 0 aromatic heterocycles. The second kappa shape index (κ2) is 6.09. The molecule has 0 spiro atoms. The van der Waals surface area contributed by atoms with E-state index >= 15 is 0 Å². The maximum Gasteiger partial charge on any atom is 0.0355 e. The summed E-state index contributed by atoms with van der Waals surface area (Å²) in [5, 5.41) is 0. The Morgan fingerprint density at radius 3 is 2.29 bits per heavy atom. The summed E-state index contributed by atoms with van der Waals surface area (Å²) >= 11 is 0. The van der Waals surface area contributed by atoms with Gasteiger partial charge in [-0.15, -0.1) is 0 Å². The van der Waals surface area contributed by atoms with Crippen molar-refractivity contribution < 1.29 is 0 Å². The van der Waals surface area contributed by atoms with Gasteiger partial charge in [0.15, 0.2) is 0 Å². The van der Waals surface area contributed by atoms with E-state index in [1.807, 2.05) is 49.4 Å². The summed E-state index contributed by atoms with van der Waals surface area (Å²) in [5.74, 6) is 0. The Morgan fingerprint density at radius 2 is 1.65 bits per heavy atom. The molecule has 0 saturated heterocycles. The van der Waals surface area contributed by atoms with E-state index in [9.17, 15) is 0 Å². The lowest BCUT2D eigenvalue weighted by Crippen LogP contribution is -2.15. The molecule has 0 aliphatic rings. The Labute approximate surface area is 104 Å². The average molecular weight is 227 g/mol. The van der Waals surface area contributed by atoms with E-state index in [0.717, 1.165) is 11.3 Å². The number of nitrogen functional groups attached to an aromatic ring is 1. The predicted octanol–water partition coefficient (Wildman–Crippen LogP) is 4.23. The second-order valence-corrected chi connectivity index (χ2v) is 4.58. The Hall–Kier alpha value is -1.76. The molecule has 0 saturated carbocycles. The first-order valence-electron chi connectivity index (χ1n) is 5.90. The van der Waals surface area contributed by atoms with E-state index in [1.54, 1.807) is 0 Å². The third-order valence-corrected chi connectivity index (χ3v) is 2.69. The highest BCUT2D eigenvalue weighted by molar-refractivity contribution is 5.52. The van der Waals surface area contributed by atoms with E-state index in [0.29, 0.717) is 0 Å². The summed E-state index contributed by atoms with van der Waals surface area (Å²) < 4.78 is 0. The maximum absolute atomic E-state index is 6.00. The molecule has 0 fully saturated rings. The van der Waals surface area contributed by atoms with Gasteiger partial charge in [-0.1, -0.05) is 68.5 Å². The second-order valence-electron chi connectivity index (χ2n) is 4.58. The van der Waals surface area contributed by atoms with Crippen LogP contribution in [-0.2, 0) is 5.41 Å². The number of nitrogens with two attached hydrogens (primary N) is 1. The van der Waals surface area contributed by atoms with E-state index in [-0.39, 0.29) is 5.41 Å². The first-order valence-corrected chi connectivity index (χ1v) is 5.90. The van der Waals surface area contributed by atoms with Crippen molar-refractivity contribution in [3.05, 3.63) is 66.3 Å². The molecule has 0 atom stereocenters. The number of hydrogen-bond donors (Lipinski definition) is 1. The predicted molar refractivity (Wildman–Crippen MR) is 77.0 cm³/mol. The fourth-order valence-corrected chi connectivity index (χ4v) is 1.71. The minimum Gasteiger partial charge on any atom is -0.398 e. The fourth-order valence-electron chi connectivity index (χ4n) is 1.71. The number of allylic oxidation sites excluding steroid dienone is 6. The van der Waals surface area contributed by atoms with Gasteiger partial charge in [-0.3, -0.25) is 0 Å². The fraction of sp³-hybridized carbons (Fsp3) is 0.250. The first-order chi connectivity index (χ1) is 8.08. The zero-order valence-electron chi connectivity index (χ0n) is 10.9. The van der Waals surface area contributed by atoms with Crippen LogP contribution in [0.4, 0.5) is 5.69 Å². The molecule has 17 heavy (non-hydrogen) atoms. The average Bonchev–Trinajstić information content (AvgIpc) is 2.29. The highest BCUT2D eigenvalue weighted by Gasteiger charge is 2.18. The molecule has 0 aliphatic heterocycles. The molecular formula is C16H21N. The van der Waals surface area contributed by atoms with E-state index in [1.165, 1.54) is 0 Å². The summed E-state index contributed by atoms with van der Waals surface area (Å²) in [6.07, 6.45) is 12.3. The summed E-state index contributed by atoms with van der Waals surface area (Å²) in [5.41, 5.74) is 7.96. The third kappa shape index (κ3) is 3.95. The lowest BCUT2D eigenvalue weighted by Gasteiger charge is -2.22. The van der Waals surface area contributed by atoms with Gasteiger partial charge in [-0.25, -0.2) is 0 Å². The first kappa shape index (κ1) is 13.3. The van der Waals surface area contributed by atoms with Gasteiger partial charge in [0.2, 0.25) is 0 Å². The molecule has 0 unspecified atom stereocenters. The van der Waals surface area contributed by atoms with Crippen LogP contribution in [0, 0.1) is 0 Å². The molecule has 0 bridgehead atoms. The molecule has 0 amide bonds. The largest absolute Gasteiger partial charge is 0.398 e. The Balaban J connectivity index is 2.85. The monoisotopic (exact) mass is 227 g/mol. The van der Waals surface area contributed by atoms with Gasteiger partial charge in [-0.05, 0) is 18.6 Å². The minimum atomic E-state index is -0.0500. The van der Waals surface area contributed by atoms with Crippen LogP contribution < -0.4 is 5.73 Å². The van der Waals surface area contributed by atoms with Crippen molar-refractivity contribution in [1.82, 2.24) is 0 Å². The van der Waals surface area contributed by atoms with Gasteiger partial charge in [0.05, 0.1) is 0 Å². The van der Waals surface area contributed by atoms with Crippen LogP contribution in [-0.4, -0.2) is 0 Å². The molecule has 0 heterocycles. The number of rotatable bonds is 4. The van der Waals surface area contributed by atoms with Crippen molar-refractivity contribution >= 4 is 5.69 Å². The zero-order chi connectivity index (χ0) is 12.7. The van der Waals surface area contributed by atoms with E-state index in [2.05, 4.69) is 32.1 Å². The molecule has 0 aliphatic carbocycles. The van der Waals surface area contributed by atoms with Crippen LogP contribution in [0.1, 0.15) is 26.3 Å². The van der Waals surface area contributed by atoms with Crippen molar-refractivity contribution in [2.75, 3.05) is 5.73 Å². The van der Waals surface area contributed by atoms with Gasteiger partial charge in [0, 0.05) is 11.1 Å². The van der Waals surface area contributed by atoms with Gasteiger partial charge >= 0.3 is 0 Å². The lowest BCUT2D eigenvalue weighted by atomic mass is 9.83. The van der Waals surface area contributed by atoms with Crippen molar-refractivity contribution in [3.63, 3.8) is 0 Å². The van der Waals surface area contributed by atoms with Crippen molar-refractivity contribution in [1.29, 1.82) is 0 Å². The lowest BCUT2D eigenvalue weighted by molar-refractivity contribution is 0.672. The van der Waals surface area contributed by atoms with Gasteiger partial charge < -0.3 is 5.73 Å². The third-order valence-electron chi connectivity index (χ3n) is 2.69. The summed E-state index contributed by atoms with van der Waals surface area (Å²) in [6, 6.07) is 8.01. The molecule has 2 N–H and O–H groups in total. The van der Waals surface area contributed by atoms with Crippen LogP contribution in [0.2, 0.25) is 0 Å². The standard InChI is InChI=1S/C16H21N/c1-4-5-6-7-10-13-16(2,3)14-11-8-9-12-15(14)17/h4-13H,17H2,1-3H3/b5-4-,7-6-,13-10+. The van der Waals surface area contributed by atoms with E-state index < -0.39 is 0 Å². The van der Waals surface area contributed by atoms with Crippen LogP contribution in [0.5, 0.6) is 0 Å². The Bertz CT molecular complexity index is 437. The topological polar surface area (TPSA) is 26.0 Å². The molecule has 1 aromatic carbocycles. The molecular weight excluding hydrogens is 206 g/mol. The maximum atomic E-state index is 6.00. The van der Waals surface area contributed by atoms with Gasteiger partial charge in [0.25, 0.3) is 0 Å². The molecule has 1 nitrogen and oxygen atoms in total. The van der Waals surface area contributed by atoms with Crippen molar-refractivity contribution in [2.45, 2.75) is 26.2 Å². The van der Waals surface area contributed by atoms with Crippen molar-refractivity contribution in [3.8, 4) is 0 Å². The van der Waals surface area contributed by atoms with Gasteiger partial charge in [-0.2, -0.15) is 0 Å². The number of benzene rings is 1. The summed E-state index contributed by atoms with van der Waals surface area (Å²) in [7, 11) is 0. The van der Waals surface area contributed by atoms with Crippen LogP contribution >= 0.6 is 0 Å². The Kier molecular flexibility index (Phi) is 4.77. The minimum absolute atomic E-state index is 0.0500. The molecule has 1 heteroatoms. The number of hydrogen-bond acceptors (Lipinski definition) is 1. The van der Waals surface area contributed by atoms with E-state index in [4.69, 9.17) is 5.73 Å². The molecule has 1 rings (SSSR count). The number of anilines is 1. The highest BCUT2D eigenvalue weighted by Crippen LogP contribution is 2.29. The zero-order valence-corrected chi connectivity index (χ0v) is 10.9. The summed E-state index contributed by atoms with van der Waals surface area (Å²) in [6.45, 7) is 6.33. The van der Waals surface area contributed by atoms with Crippen LogP contribution in [0.25, 0.3) is 0 Å². The van der Waals surface area contributed by atoms with Crippen LogP contribution in [0.3, 0.4) is 0 Å². The van der Waals surface area contributed by atoms with Crippen LogP contribution in [0.15, 0.2) is 60.7 Å².